The second-order valence-electron chi connectivity index (χ2n) is 5.25. The highest BCUT2D eigenvalue weighted by Crippen LogP contribution is 2.15. The number of amides is 1. The van der Waals surface area contributed by atoms with Gasteiger partial charge in [-0.2, -0.15) is 0 Å². The molecule has 0 unspecified atom stereocenters. The summed E-state index contributed by atoms with van der Waals surface area (Å²) in [5, 5.41) is 0.397. The monoisotopic (exact) mass is 303 g/mol. The number of benzene rings is 1. The molecule has 1 amide bonds. The van der Waals surface area contributed by atoms with Gasteiger partial charge in [-0.25, -0.2) is 4.79 Å². The van der Waals surface area contributed by atoms with Crippen LogP contribution in [0.5, 0.6) is 0 Å². The molecule has 1 aromatic carbocycles. The van der Waals surface area contributed by atoms with Crippen LogP contribution in [0, 0.1) is 6.92 Å². The highest BCUT2D eigenvalue weighted by molar-refractivity contribution is 5.91. The molecule has 22 heavy (non-hydrogen) atoms. The zero-order valence-electron chi connectivity index (χ0n) is 12.9. The van der Waals surface area contributed by atoms with Gasteiger partial charge in [0.2, 0.25) is 5.76 Å². The summed E-state index contributed by atoms with van der Waals surface area (Å²) in [6.45, 7) is 3.32. The molecule has 1 heterocycles. The van der Waals surface area contributed by atoms with E-state index >= 15 is 0 Å². The molecule has 0 N–H and O–H groups in total. The van der Waals surface area contributed by atoms with Crippen LogP contribution >= 0.6 is 0 Å². The minimum absolute atomic E-state index is 0.222. The lowest BCUT2D eigenvalue weighted by atomic mass is 10.1. The lowest BCUT2D eigenvalue weighted by Crippen LogP contribution is -2.35. The molecule has 0 saturated heterocycles. The maximum Gasteiger partial charge on any atom is 0.375 e. The van der Waals surface area contributed by atoms with Gasteiger partial charge in [0, 0.05) is 20.2 Å². The molecule has 0 radical (unpaired) electrons. The molecular formula is C16H17NO5. The molecule has 2 aromatic rings. The van der Waals surface area contributed by atoms with Gasteiger partial charge < -0.3 is 14.1 Å². The van der Waals surface area contributed by atoms with Crippen LogP contribution in [-0.4, -0.2) is 37.0 Å². The van der Waals surface area contributed by atoms with E-state index in [9.17, 15) is 14.4 Å². The normalized spacial score (nSPS) is 12.0. The van der Waals surface area contributed by atoms with Crippen molar-refractivity contribution in [3.8, 4) is 0 Å². The van der Waals surface area contributed by atoms with E-state index in [1.165, 1.54) is 11.8 Å². The van der Waals surface area contributed by atoms with Crippen molar-refractivity contribution < 1.29 is 18.7 Å². The molecule has 2 rings (SSSR count). The van der Waals surface area contributed by atoms with Gasteiger partial charge in [-0.05, 0) is 26.0 Å². The Morgan fingerprint density at radius 3 is 2.55 bits per heavy atom. The van der Waals surface area contributed by atoms with Gasteiger partial charge >= 0.3 is 5.97 Å². The first-order valence-electron chi connectivity index (χ1n) is 6.76. The van der Waals surface area contributed by atoms with Crippen LogP contribution in [0.1, 0.15) is 23.0 Å². The standard InChI is InChI=1S/C16H17NO5/c1-9-5-6-13-11(7-9)12(18)8-14(22-13)16(20)21-10(2)15(19)17(3)4/h5-8,10H,1-4H3/t10-/m0/s1. The van der Waals surface area contributed by atoms with Gasteiger partial charge in [-0.15, -0.1) is 0 Å². The van der Waals surface area contributed by atoms with Gasteiger partial charge in [0.15, 0.2) is 11.5 Å². The molecule has 0 fully saturated rings. The van der Waals surface area contributed by atoms with Gasteiger partial charge in [-0.1, -0.05) is 11.6 Å². The van der Waals surface area contributed by atoms with Crippen molar-refractivity contribution in [2.24, 2.45) is 0 Å². The molecule has 0 aliphatic rings. The second kappa shape index (κ2) is 6.01. The Hall–Kier alpha value is -2.63. The number of fused-ring (bicyclic) bond motifs is 1. The number of carbonyl (C=O) groups excluding carboxylic acids is 2. The lowest BCUT2D eigenvalue weighted by molar-refractivity contribution is -0.137. The first-order valence-corrected chi connectivity index (χ1v) is 6.76. The first kappa shape index (κ1) is 15.8. The Bertz CT molecular complexity index is 791. The Balaban J connectivity index is 2.31. The maximum atomic E-state index is 12.0. The zero-order valence-corrected chi connectivity index (χ0v) is 12.9. The summed E-state index contributed by atoms with van der Waals surface area (Å²) in [4.78, 5) is 37.1. The fourth-order valence-corrected chi connectivity index (χ4v) is 2.00. The van der Waals surface area contributed by atoms with E-state index in [1.807, 2.05) is 6.92 Å². The van der Waals surface area contributed by atoms with E-state index in [-0.39, 0.29) is 17.1 Å². The van der Waals surface area contributed by atoms with Crippen molar-refractivity contribution in [2.45, 2.75) is 20.0 Å². The Labute approximate surface area is 127 Å². The van der Waals surface area contributed by atoms with Crippen molar-refractivity contribution in [1.82, 2.24) is 4.90 Å². The molecule has 1 aromatic heterocycles. The number of likely N-dealkylation sites (N-methyl/N-ethyl adjacent to an activating group) is 1. The summed E-state index contributed by atoms with van der Waals surface area (Å²) < 4.78 is 10.4. The summed E-state index contributed by atoms with van der Waals surface area (Å²) in [5.41, 5.74) is 0.889. The number of hydrogen-bond acceptors (Lipinski definition) is 5. The molecule has 1 atom stereocenters. The topological polar surface area (TPSA) is 76.8 Å². The number of hydrogen-bond donors (Lipinski definition) is 0. The van der Waals surface area contributed by atoms with Gasteiger partial charge in [0.05, 0.1) is 5.39 Å². The number of nitrogens with zero attached hydrogens (tertiary/aromatic N) is 1. The summed E-state index contributed by atoms with van der Waals surface area (Å²) in [6, 6.07) is 6.17. The molecule has 116 valence electrons. The van der Waals surface area contributed by atoms with Gasteiger partial charge in [0.25, 0.3) is 5.91 Å². The summed E-state index contributed by atoms with van der Waals surface area (Å²) >= 11 is 0. The summed E-state index contributed by atoms with van der Waals surface area (Å²) in [7, 11) is 3.12. The van der Waals surface area contributed by atoms with Crippen LogP contribution in [-0.2, 0) is 9.53 Å². The fourth-order valence-electron chi connectivity index (χ4n) is 2.00. The highest BCUT2D eigenvalue weighted by Gasteiger charge is 2.22. The van der Waals surface area contributed by atoms with Crippen molar-refractivity contribution in [2.75, 3.05) is 14.1 Å². The van der Waals surface area contributed by atoms with Gasteiger partial charge in [0.1, 0.15) is 5.58 Å². The van der Waals surface area contributed by atoms with Crippen molar-refractivity contribution in [1.29, 1.82) is 0 Å². The van der Waals surface area contributed by atoms with Gasteiger partial charge in [-0.3, -0.25) is 9.59 Å². The molecule has 0 bridgehead atoms. The predicted molar refractivity (Wildman–Crippen MR) is 80.8 cm³/mol. The molecule has 0 saturated carbocycles. The minimum Gasteiger partial charge on any atom is -0.449 e. The number of rotatable bonds is 3. The molecule has 0 aliphatic heterocycles. The Kier molecular flexibility index (Phi) is 4.30. The number of aryl methyl sites for hydroxylation is 1. The van der Waals surface area contributed by atoms with Crippen LogP contribution < -0.4 is 5.43 Å². The molecule has 6 nitrogen and oxygen atoms in total. The summed E-state index contributed by atoms with van der Waals surface area (Å²) in [6.07, 6.45) is -0.957. The van der Waals surface area contributed by atoms with E-state index in [4.69, 9.17) is 9.15 Å². The second-order valence-corrected chi connectivity index (χ2v) is 5.25. The third kappa shape index (κ3) is 3.16. The average Bonchev–Trinajstić information content (AvgIpc) is 2.46. The quantitative estimate of drug-likeness (QED) is 0.807. The molecule has 0 aliphatic carbocycles. The first-order chi connectivity index (χ1) is 10.3. The van der Waals surface area contributed by atoms with Crippen molar-refractivity contribution in [3.05, 3.63) is 45.8 Å². The molecule has 0 spiro atoms. The number of carbonyl (C=O) groups is 2. The van der Waals surface area contributed by atoms with Crippen LogP contribution in [0.4, 0.5) is 0 Å². The van der Waals surface area contributed by atoms with E-state index in [2.05, 4.69) is 0 Å². The predicted octanol–water partition coefficient (Wildman–Crippen LogP) is 1.73. The van der Waals surface area contributed by atoms with Crippen molar-refractivity contribution in [3.63, 3.8) is 0 Å². The minimum atomic E-state index is -0.957. The number of ether oxygens (including phenoxy) is 1. The SMILES string of the molecule is Cc1ccc2oc(C(=O)O[C@@H](C)C(=O)N(C)C)cc(=O)c2c1. The zero-order chi connectivity index (χ0) is 16.4. The van der Waals surface area contributed by atoms with Crippen LogP contribution in [0.25, 0.3) is 11.0 Å². The van der Waals surface area contributed by atoms with E-state index in [0.29, 0.717) is 11.0 Å². The third-order valence-corrected chi connectivity index (χ3v) is 3.16. The van der Waals surface area contributed by atoms with Crippen LogP contribution in [0.15, 0.2) is 33.5 Å². The van der Waals surface area contributed by atoms with Crippen LogP contribution in [0.2, 0.25) is 0 Å². The third-order valence-electron chi connectivity index (χ3n) is 3.16. The van der Waals surface area contributed by atoms with Crippen LogP contribution in [0.3, 0.4) is 0 Å². The Morgan fingerprint density at radius 2 is 1.91 bits per heavy atom. The fraction of sp³-hybridized carbons (Fsp3) is 0.312. The smallest absolute Gasteiger partial charge is 0.375 e. The Morgan fingerprint density at radius 1 is 1.23 bits per heavy atom. The van der Waals surface area contributed by atoms with E-state index < -0.39 is 12.1 Å². The van der Waals surface area contributed by atoms with E-state index in [0.717, 1.165) is 11.6 Å². The molecular weight excluding hydrogens is 286 g/mol. The lowest BCUT2D eigenvalue weighted by Gasteiger charge is -2.16. The number of esters is 1. The largest absolute Gasteiger partial charge is 0.449 e. The maximum absolute atomic E-state index is 12.0. The molecule has 6 heteroatoms. The van der Waals surface area contributed by atoms with E-state index in [1.54, 1.807) is 32.3 Å². The average molecular weight is 303 g/mol. The highest BCUT2D eigenvalue weighted by atomic mass is 16.6. The van der Waals surface area contributed by atoms with Crippen molar-refractivity contribution >= 4 is 22.8 Å². The summed E-state index contributed by atoms with van der Waals surface area (Å²) in [5.74, 6) is -1.42.